The van der Waals surface area contributed by atoms with Crippen LogP contribution in [0.25, 0.3) is 0 Å². The molecule has 6 heteroatoms. The van der Waals surface area contributed by atoms with E-state index in [2.05, 4.69) is 27.8 Å². The van der Waals surface area contributed by atoms with Crippen LogP contribution in [0.4, 0.5) is 0 Å². The Kier molecular flexibility index (Phi) is 7.04. The van der Waals surface area contributed by atoms with Gasteiger partial charge in [-0.15, -0.1) is 0 Å². The first-order valence-corrected chi connectivity index (χ1v) is 10.7. The first-order valence-electron chi connectivity index (χ1n) is 8.23. The maximum absolute atomic E-state index is 12.6. The Morgan fingerprint density at radius 3 is 2.44 bits per heavy atom. The molecule has 0 heterocycles. The van der Waals surface area contributed by atoms with Crippen molar-refractivity contribution in [2.45, 2.75) is 24.8 Å². The van der Waals surface area contributed by atoms with Crippen molar-refractivity contribution >= 4 is 25.8 Å². The topological polar surface area (TPSA) is 46.6 Å². The predicted octanol–water partition coefficient (Wildman–Crippen LogP) is 4.31. The number of rotatable bonds is 8. The summed E-state index contributed by atoms with van der Waals surface area (Å²) in [6, 6.07) is 14.8. The molecule has 0 saturated carbocycles. The summed E-state index contributed by atoms with van der Waals surface area (Å²) in [7, 11) is -1.65. The minimum Gasteiger partial charge on any atom is -0.497 e. The molecule has 0 spiro atoms. The average Bonchev–Trinajstić information content (AvgIpc) is 2.62. The molecule has 25 heavy (non-hydrogen) atoms. The molecule has 4 nitrogen and oxygen atoms in total. The SMILES string of the molecule is CCN(CCS(=O)(=O)c1ccc(Br)cc1)[C@H](C)c1cccc(OC)c1. The fourth-order valence-corrected chi connectivity index (χ4v) is 4.26. The highest BCUT2D eigenvalue weighted by atomic mass is 79.9. The van der Waals surface area contributed by atoms with Crippen molar-refractivity contribution in [3.63, 3.8) is 0 Å². The molecular formula is C19H24BrNO3S. The van der Waals surface area contributed by atoms with E-state index in [1.165, 1.54) is 0 Å². The molecule has 0 aromatic heterocycles. The lowest BCUT2D eigenvalue weighted by Crippen LogP contribution is -2.31. The van der Waals surface area contributed by atoms with Gasteiger partial charge in [-0.2, -0.15) is 0 Å². The molecule has 0 unspecified atom stereocenters. The lowest BCUT2D eigenvalue weighted by Gasteiger charge is -2.28. The molecule has 0 fully saturated rings. The second-order valence-electron chi connectivity index (χ2n) is 5.85. The van der Waals surface area contributed by atoms with Crippen LogP contribution in [-0.4, -0.2) is 39.3 Å². The summed E-state index contributed by atoms with van der Waals surface area (Å²) in [5.74, 6) is 0.902. The lowest BCUT2D eigenvalue weighted by molar-refractivity contribution is 0.235. The van der Waals surface area contributed by atoms with E-state index < -0.39 is 9.84 Å². The highest BCUT2D eigenvalue weighted by molar-refractivity contribution is 9.10. The van der Waals surface area contributed by atoms with Crippen LogP contribution in [0.2, 0.25) is 0 Å². The van der Waals surface area contributed by atoms with Gasteiger partial charge in [-0.3, -0.25) is 4.90 Å². The van der Waals surface area contributed by atoms with Gasteiger partial charge < -0.3 is 4.74 Å². The molecule has 1 atom stereocenters. The predicted molar refractivity (Wildman–Crippen MR) is 105 cm³/mol. The third kappa shape index (κ3) is 5.30. The minimum absolute atomic E-state index is 0.0940. The molecule has 0 aliphatic rings. The first-order chi connectivity index (χ1) is 11.9. The fraction of sp³-hybridized carbons (Fsp3) is 0.368. The Hall–Kier alpha value is -1.37. The Morgan fingerprint density at radius 2 is 1.84 bits per heavy atom. The maximum Gasteiger partial charge on any atom is 0.179 e. The van der Waals surface area contributed by atoms with Crippen molar-refractivity contribution in [2.24, 2.45) is 0 Å². The number of sulfone groups is 1. The van der Waals surface area contributed by atoms with Crippen molar-refractivity contribution in [3.05, 3.63) is 58.6 Å². The molecule has 0 aliphatic carbocycles. The van der Waals surface area contributed by atoms with Crippen LogP contribution in [0, 0.1) is 0 Å². The van der Waals surface area contributed by atoms with Gasteiger partial charge in [0, 0.05) is 17.1 Å². The Labute approximate surface area is 158 Å². The number of halogens is 1. The van der Waals surface area contributed by atoms with E-state index in [-0.39, 0.29) is 11.8 Å². The molecule has 0 amide bonds. The minimum atomic E-state index is -3.30. The molecule has 2 rings (SSSR count). The zero-order chi connectivity index (χ0) is 18.4. The molecule has 0 N–H and O–H groups in total. The van der Waals surface area contributed by atoms with E-state index in [9.17, 15) is 8.42 Å². The quantitative estimate of drug-likeness (QED) is 0.631. The normalized spacial score (nSPS) is 13.0. The van der Waals surface area contributed by atoms with Crippen LogP contribution < -0.4 is 4.74 Å². The molecule has 0 aliphatic heterocycles. The van der Waals surface area contributed by atoms with Gasteiger partial charge in [-0.25, -0.2) is 8.42 Å². The summed E-state index contributed by atoms with van der Waals surface area (Å²) < 4.78 is 31.3. The fourth-order valence-electron chi connectivity index (χ4n) is 2.74. The van der Waals surface area contributed by atoms with Gasteiger partial charge >= 0.3 is 0 Å². The van der Waals surface area contributed by atoms with Gasteiger partial charge in [0.15, 0.2) is 9.84 Å². The Bertz CT molecular complexity index is 791. The van der Waals surface area contributed by atoms with E-state index in [1.807, 2.05) is 31.2 Å². The van der Waals surface area contributed by atoms with Crippen LogP contribution in [0.15, 0.2) is 57.9 Å². The van der Waals surface area contributed by atoms with Gasteiger partial charge in [-0.05, 0) is 55.4 Å². The van der Waals surface area contributed by atoms with Crippen molar-refractivity contribution in [1.29, 1.82) is 0 Å². The molecule has 2 aromatic rings. The van der Waals surface area contributed by atoms with Crippen LogP contribution in [0.3, 0.4) is 0 Å². The first kappa shape index (κ1) is 19.9. The third-order valence-corrected chi connectivity index (χ3v) is 6.59. The summed E-state index contributed by atoms with van der Waals surface area (Å²) in [5.41, 5.74) is 1.11. The summed E-state index contributed by atoms with van der Waals surface area (Å²) in [4.78, 5) is 2.52. The van der Waals surface area contributed by atoms with Gasteiger partial charge in [0.05, 0.1) is 17.8 Å². The van der Waals surface area contributed by atoms with Gasteiger partial charge in [0.1, 0.15) is 5.75 Å². The maximum atomic E-state index is 12.6. The van der Waals surface area contributed by atoms with E-state index in [0.29, 0.717) is 11.4 Å². The third-order valence-electron chi connectivity index (χ3n) is 4.35. The highest BCUT2D eigenvalue weighted by Crippen LogP contribution is 2.24. The second kappa shape index (κ2) is 8.83. The van der Waals surface area contributed by atoms with Crippen LogP contribution in [-0.2, 0) is 9.84 Å². The zero-order valence-electron chi connectivity index (χ0n) is 14.8. The number of ether oxygens (including phenoxy) is 1. The zero-order valence-corrected chi connectivity index (χ0v) is 17.2. The average molecular weight is 426 g/mol. The van der Waals surface area contributed by atoms with Crippen molar-refractivity contribution in [1.82, 2.24) is 4.90 Å². The number of methoxy groups -OCH3 is 1. The molecule has 136 valence electrons. The molecule has 0 bridgehead atoms. The highest BCUT2D eigenvalue weighted by Gasteiger charge is 2.20. The number of benzene rings is 2. The smallest absolute Gasteiger partial charge is 0.179 e. The standard InChI is InChI=1S/C19H24BrNO3S/c1-4-21(15(2)16-6-5-7-18(14-16)24-3)12-13-25(22,23)19-10-8-17(20)9-11-19/h5-11,14-15H,4,12-13H2,1-3H3/t15-/m1/s1. The van der Waals surface area contributed by atoms with Crippen molar-refractivity contribution in [2.75, 3.05) is 26.0 Å². The number of hydrogen-bond donors (Lipinski definition) is 0. The van der Waals surface area contributed by atoms with Crippen LogP contribution >= 0.6 is 15.9 Å². The van der Waals surface area contributed by atoms with Crippen molar-refractivity contribution < 1.29 is 13.2 Å². The number of hydrogen-bond acceptors (Lipinski definition) is 4. The second-order valence-corrected chi connectivity index (χ2v) is 8.88. The Balaban J connectivity index is 2.09. The summed E-state index contributed by atoms with van der Waals surface area (Å²) in [5, 5.41) is 0. The van der Waals surface area contributed by atoms with E-state index in [4.69, 9.17) is 4.74 Å². The van der Waals surface area contributed by atoms with Crippen molar-refractivity contribution in [3.8, 4) is 5.75 Å². The van der Waals surface area contributed by atoms with Crippen LogP contribution in [0.5, 0.6) is 5.75 Å². The Morgan fingerprint density at radius 1 is 1.16 bits per heavy atom. The van der Waals surface area contributed by atoms with Gasteiger partial charge in [-0.1, -0.05) is 35.0 Å². The molecule has 0 radical (unpaired) electrons. The van der Waals surface area contributed by atoms with E-state index >= 15 is 0 Å². The van der Waals surface area contributed by atoms with Gasteiger partial charge in [0.25, 0.3) is 0 Å². The molecular weight excluding hydrogens is 402 g/mol. The molecule has 0 saturated heterocycles. The number of nitrogens with zero attached hydrogens (tertiary/aromatic N) is 1. The lowest BCUT2D eigenvalue weighted by atomic mass is 10.1. The summed E-state index contributed by atoms with van der Waals surface area (Å²) in [6.07, 6.45) is 0. The molecule has 2 aromatic carbocycles. The van der Waals surface area contributed by atoms with E-state index in [0.717, 1.165) is 22.3 Å². The van der Waals surface area contributed by atoms with Crippen LogP contribution in [0.1, 0.15) is 25.5 Å². The largest absolute Gasteiger partial charge is 0.497 e. The van der Waals surface area contributed by atoms with Gasteiger partial charge in [0.2, 0.25) is 0 Å². The monoisotopic (exact) mass is 425 g/mol. The summed E-state index contributed by atoms with van der Waals surface area (Å²) >= 11 is 3.33. The van der Waals surface area contributed by atoms with E-state index in [1.54, 1.807) is 31.4 Å². The summed E-state index contributed by atoms with van der Waals surface area (Å²) in [6.45, 7) is 5.38.